The molecule has 0 radical (unpaired) electrons. The fraction of sp³-hybridized carbons (Fsp3) is 0.368. The highest BCUT2D eigenvalue weighted by molar-refractivity contribution is 5.47. The van der Waals surface area contributed by atoms with Gasteiger partial charge in [-0.2, -0.15) is 0 Å². The van der Waals surface area contributed by atoms with E-state index in [1.807, 2.05) is 37.3 Å². The van der Waals surface area contributed by atoms with Crippen LogP contribution in [0.25, 0.3) is 0 Å². The van der Waals surface area contributed by atoms with E-state index < -0.39 is 5.60 Å². The molecular weight excluding hydrogens is 260 g/mol. The molecule has 1 N–H and O–H groups in total. The maximum absolute atomic E-state index is 11.5. The van der Waals surface area contributed by atoms with Crippen molar-refractivity contribution in [2.75, 3.05) is 6.61 Å². The Labute approximate surface area is 126 Å². The van der Waals surface area contributed by atoms with Crippen molar-refractivity contribution in [3.05, 3.63) is 65.2 Å². The monoisotopic (exact) mass is 282 g/mol. The van der Waals surface area contributed by atoms with Gasteiger partial charge in [-0.1, -0.05) is 42.5 Å². The van der Waals surface area contributed by atoms with Gasteiger partial charge in [0.15, 0.2) is 0 Å². The summed E-state index contributed by atoms with van der Waals surface area (Å²) in [6, 6.07) is 16.1. The van der Waals surface area contributed by atoms with Gasteiger partial charge >= 0.3 is 0 Å². The van der Waals surface area contributed by atoms with Crippen LogP contribution < -0.4 is 4.74 Å². The molecule has 2 nitrogen and oxygen atoms in total. The van der Waals surface area contributed by atoms with E-state index in [9.17, 15) is 5.11 Å². The van der Waals surface area contributed by atoms with Gasteiger partial charge in [-0.15, -0.1) is 0 Å². The number of aliphatic hydroxyl groups is 1. The Morgan fingerprint density at radius 1 is 1.00 bits per heavy atom. The van der Waals surface area contributed by atoms with Crippen LogP contribution in [0, 0.1) is 0 Å². The van der Waals surface area contributed by atoms with Crippen LogP contribution in [0.15, 0.2) is 48.5 Å². The van der Waals surface area contributed by atoms with Crippen molar-refractivity contribution in [3.8, 4) is 5.75 Å². The fourth-order valence-corrected chi connectivity index (χ4v) is 3.34. The van der Waals surface area contributed by atoms with E-state index in [2.05, 4.69) is 18.2 Å². The van der Waals surface area contributed by atoms with Gasteiger partial charge in [-0.25, -0.2) is 0 Å². The van der Waals surface area contributed by atoms with Crippen LogP contribution in [0.3, 0.4) is 0 Å². The summed E-state index contributed by atoms with van der Waals surface area (Å²) in [4.78, 5) is 0. The Bertz CT molecular complexity index is 620. The first-order valence-electron chi connectivity index (χ1n) is 7.79. The Morgan fingerprint density at radius 3 is 2.52 bits per heavy atom. The molecule has 0 bridgehead atoms. The molecule has 0 heterocycles. The van der Waals surface area contributed by atoms with E-state index in [1.54, 1.807) is 0 Å². The van der Waals surface area contributed by atoms with E-state index >= 15 is 0 Å². The predicted octanol–water partition coefficient (Wildman–Crippen LogP) is 4.05. The first-order chi connectivity index (χ1) is 10.3. The molecule has 1 atom stereocenters. The zero-order valence-electron chi connectivity index (χ0n) is 12.5. The van der Waals surface area contributed by atoms with Gasteiger partial charge in [0.05, 0.1) is 6.61 Å². The Hall–Kier alpha value is -1.80. The van der Waals surface area contributed by atoms with Crippen molar-refractivity contribution in [1.29, 1.82) is 0 Å². The van der Waals surface area contributed by atoms with Crippen LogP contribution in [0.4, 0.5) is 0 Å². The van der Waals surface area contributed by atoms with Crippen LogP contribution in [-0.2, 0) is 12.0 Å². The third kappa shape index (κ3) is 2.56. The normalized spacial score (nSPS) is 21.4. The van der Waals surface area contributed by atoms with Gasteiger partial charge < -0.3 is 9.84 Å². The van der Waals surface area contributed by atoms with Crippen LogP contribution in [0.1, 0.15) is 42.9 Å². The van der Waals surface area contributed by atoms with E-state index in [1.165, 1.54) is 5.56 Å². The molecule has 0 spiro atoms. The minimum atomic E-state index is -0.946. The molecule has 1 aliphatic carbocycles. The Balaban J connectivity index is 2.16. The lowest BCUT2D eigenvalue weighted by molar-refractivity contribution is 0.0670. The lowest BCUT2D eigenvalue weighted by atomic mass is 9.81. The van der Waals surface area contributed by atoms with E-state index in [-0.39, 0.29) is 0 Å². The molecule has 1 aliphatic rings. The average molecular weight is 282 g/mol. The number of rotatable bonds is 3. The third-order valence-electron chi connectivity index (χ3n) is 4.33. The molecular formula is C19H22O2. The molecule has 0 saturated carbocycles. The van der Waals surface area contributed by atoms with E-state index in [0.717, 1.165) is 42.6 Å². The summed E-state index contributed by atoms with van der Waals surface area (Å²) >= 11 is 0. The second-order valence-corrected chi connectivity index (χ2v) is 5.65. The number of hydrogen-bond acceptors (Lipinski definition) is 2. The van der Waals surface area contributed by atoms with Crippen molar-refractivity contribution < 1.29 is 9.84 Å². The summed E-state index contributed by atoms with van der Waals surface area (Å²) in [6.45, 7) is 2.58. The maximum atomic E-state index is 11.5. The molecule has 3 rings (SSSR count). The van der Waals surface area contributed by atoms with Crippen molar-refractivity contribution in [3.63, 3.8) is 0 Å². The molecule has 1 unspecified atom stereocenters. The molecule has 21 heavy (non-hydrogen) atoms. The number of ether oxygens (including phenoxy) is 1. The zero-order chi connectivity index (χ0) is 14.7. The summed E-state index contributed by atoms with van der Waals surface area (Å²) in [5, 5.41) is 11.5. The molecule has 0 fully saturated rings. The topological polar surface area (TPSA) is 29.5 Å². The van der Waals surface area contributed by atoms with Crippen LogP contribution >= 0.6 is 0 Å². The van der Waals surface area contributed by atoms with Crippen molar-refractivity contribution >= 4 is 0 Å². The molecule has 0 amide bonds. The van der Waals surface area contributed by atoms with Crippen molar-refractivity contribution in [2.45, 2.75) is 38.2 Å². The third-order valence-corrected chi connectivity index (χ3v) is 4.33. The number of hydrogen-bond donors (Lipinski definition) is 1. The molecule has 2 aromatic rings. The van der Waals surface area contributed by atoms with Crippen LogP contribution in [0.2, 0.25) is 0 Å². The highest BCUT2D eigenvalue weighted by Gasteiger charge is 2.36. The molecule has 0 saturated heterocycles. The first kappa shape index (κ1) is 14.2. The van der Waals surface area contributed by atoms with Crippen molar-refractivity contribution in [1.82, 2.24) is 0 Å². The molecule has 110 valence electrons. The highest BCUT2D eigenvalue weighted by atomic mass is 16.5. The number of fused-ring (bicyclic) bond motifs is 1. The van der Waals surface area contributed by atoms with E-state index in [4.69, 9.17) is 4.74 Å². The van der Waals surface area contributed by atoms with Gasteiger partial charge in [-0.05, 0) is 49.8 Å². The van der Waals surface area contributed by atoms with Gasteiger partial charge in [0.1, 0.15) is 11.4 Å². The molecule has 0 aromatic heterocycles. The Morgan fingerprint density at radius 2 is 1.71 bits per heavy atom. The first-order valence-corrected chi connectivity index (χ1v) is 7.79. The second-order valence-electron chi connectivity index (χ2n) is 5.65. The van der Waals surface area contributed by atoms with Gasteiger partial charge in [0.2, 0.25) is 0 Å². The lowest BCUT2D eigenvalue weighted by Crippen LogP contribution is -2.28. The van der Waals surface area contributed by atoms with Crippen molar-refractivity contribution in [2.24, 2.45) is 0 Å². The molecule has 2 heteroatoms. The van der Waals surface area contributed by atoms with Crippen LogP contribution in [-0.4, -0.2) is 11.7 Å². The summed E-state index contributed by atoms with van der Waals surface area (Å²) in [6.07, 6.45) is 3.92. The maximum Gasteiger partial charge on any atom is 0.125 e. The summed E-state index contributed by atoms with van der Waals surface area (Å²) < 4.78 is 5.75. The quantitative estimate of drug-likeness (QED) is 0.861. The number of aryl methyl sites for hydroxylation is 1. The predicted molar refractivity (Wildman–Crippen MR) is 84.6 cm³/mol. The minimum absolute atomic E-state index is 0.606. The van der Waals surface area contributed by atoms with E-state index in [0.29, 0.717) is 6.61 Å². The summed E-state index contributed by atoms with van der Waals surface area (Å²) in [5.41, 5.74) is 2.23. The highest BCUT2D eigenvalue weighted by Crippen LogP contribution is 2.42. The molecule has 0 aliphatic heterocycles. The largest absolute Gasteiger partial charge is 0.493 e. The minimum Gasteiger partial charge on any atom is -0.493 e. The molecule has 2 aromatic carbocycles. The van der Waals surface area contributed by atoms with Crippen LogP contribution in [0.5, 0.6) is 5.75 Å². The lowest BCUT2D eigenvalue weighted by Gasteiger charge is -2.31. The van der Waals surface area contributed by atoms with Gasteiger partial charge in [0.25, 0.3) is 0 Å². The number of para-hydroxylation sites is 1. The van der Waals surface area contributed by atoms with Gasteiger partial charge in [0, 0.05) is 5.56 Å². The Kier molecular flexibility index (Phi) is 3.98. The fourth-order valence-electron chi connectivity index (χ4n) is 3.34. The average Bonchev–Trinajstić information content (AvgIpc) is 2.69. The zero-order valence-corrected chi connectivity index (χ0v) is 12.5. The summed E-state index contributed by atoms with van der Waals surface area (Å²) in [7, 11) is 0. The van der Waals surface area contributed by atoms with Gasteiger partial charge in [-0.3, -0.25) is 0 Å². The summed E-state index contributed by atoms with van der Waals surface area (Å²) in [5.74, 6) is 0.791. The smallest absolute Gasteiger partial charge is 0.125 e. The standard InChI is InChI=1S/C19H22O2/c1-2-21-18-13-6-5-12-17(18)19(20)14-8-7-10-15-9-3-4-11-16(15)19/h3-6,9,11-13,20H,2,7-8,10,14H2,1H3. The number of benzene rings is 2. The second kappa shape index (κ2) is 5.90. The SMILES string of the molecule is CCOc1ccccc1C1(O)CCCCc2ccccc21.